The second-order valence-electron chi connectivity index (χ2n) is 6.38. The normalized spacial score (nSPS) is 11.5. The zero-order valence-corrected chi connectivity index (χ0v) is 15.9. The van der Waals surface area contributed by atoms with Gasteiger partial charge < -0.3 is 14.4 Å². The first-order valence-corrected chi connectivity index (χ1v) is 9.00. The molecule has 0 unspecified atom stereocenters. The molecular formula is C22H17F2NO5. The second-order valence-corrected chi connectivity index (χ2v) is 6.38. The van der Waals surface area contributed by atoms with Crippen molar-refractivity contribution in [3.8, 4) is 0 Å². The highest BCUT2D eigenvalue weighted by Crippen LogP contribution is 2.20. The Labute approximate surface area is 169 Å². The number of nitrogens with zero attached hydrogens (tertiary/aromatic N) is 1. The highest BCUT2D eigenvalue weighted by Gasteiger charge is 2.18. The number of rotatable bonds is 6. The summed E-state index contributed by atoms with van der Waals surface area (Å²) in [5.41, 5.74) is -0.417. The van der Waals surface area contributed by atoms with Crippen LogP contribution in [0.15, 0.2) is 59.5 Å². The number of aromatic nitrogens is 1. The molecular weight excluding hydrogens is 396 g/mol. The third kappa shape index (κ3) is 4.27. The Bertz CT molecular complexity index is 1210. The number of halogens is 2. The fourth-order valence-electron chi connectivity index (χ4n) is 2.97. The number of para-hydroxylation sites is 1. The Morgan fingerprint density at radius 2 is 1.83 bits per heavy atom. The number of aliphatic hydroxyl groups is 1. The summed E-state index contributed by atoms with van der Waals surface area (Å²) in [4.78, 5) is 36.1. The van der Waals surface area contributed by atoms with Crippen molar-refractivity contribution in [1.82, 2.24) is 4.57 Å². The van der Waals surface area contributed by atoms with Crippen LogP contribution in [0.2, 0.25) is 0 Å². The molecule has 0 amide bonds. The van der Waals surface area contributed by atoms with E-state index < -0.39 is 34.6 Å². The van der Waals surface area contributed by atoms with Gasteiger partial charge in [-0.15, -0.1) is 0 Å². The first-order chi connectivity index (χ1) is 14.3. The fraction of sp³-hybridized carbons (Fsp3) is 0.136. The molecule has 0 aliphatic heterocycles. The Morgan fingerprint density at radius 1 is 1.13 bits per heavy atom. The number of pyridine rings is 1. The molecule has 3 rings (SSSR count). The molecule has 0 aliphatic carbocycles. The third-order valence-electron chi connectivity index (χ3n) is 4.33. The van der Waals surface area contributed by atoms with Gasteiger partial charge in [-0.2, -0.15) is 0 Å². The van der Waals surface area contributed by atoms with E-state index in [1.165, 1.54) is 60.2 Å². The van der Waals surface area contributed by atoms with E-state index in [2.05, 4.69) is 4.74 Å². The Hall–Kier alpha value is -3.81. The molecule has 154 valence electrons. The number of hydrogen-bond donors (Lipinski definition) is 1. The lowest BCUT2D eigenvalue weighted by atomic mass is 10.1. The maximum atomic E-state index is 14.5. The molecule has 0 radical (unpaired) electrons. The molecule has 0 aliphatic rings. The molecule has 1 N–H and O–H groups in total. The van der Waals surface area contributed by atoms with E-state index in [4.69, 9.17) is 0 Å². The van der Waals surface area contributed by atoms with E-state index in [-0.39, 0.29) is 29.6 Å². The number of benzene rings is 2. The predicted octanol–water partition coefficient (Wildman–Crippen LogP) is 3.36. The average molecular weight is 413 g/mol. The average Bonchev–Trinajstić information content (AvgIpc) is 2.71. The van der Waals surface area contributed by atoms with Crippen molar-refractivity contribution in [3.63, 3.8) is 0 Å². The van der Waals surface area contributed by atoms with Crippen molar-refractivity contribution in [3.05, 3.63) is 87.7 Å². The van der Waals surface area contributed by atoms with Crippen LogP contribution in [-0.2, 0) is 20.9 Å². The molecule has 30 heavy (non-hydrogen) atoms. The van der Waals surface area contributed by atoms with E-state index in [1.807, 2.05) is 0 Å². The molecule has 6 nitrogen and oxygen atoms in total. The van der Waals surface area contributed by atoms with E-state index in [0.29, 0.717) is 11.6 Å². The molecule has 3 aromatic rings. The smallest absolute Gasteiger partial charge is 0.379 e. The van der Waals surface area contributed by atoms with Gasteiger partial charge in [0, 0.05) is 24.2 Å². The molecule has 1 heterocycles. The van der Waals surface area contributed by atoms with E-state index in [0.717, 1.165) is 0 Å². The van der Waals surface area contributed by atoms with Crippen LogP contribution in [0.5, 0.6) is 0 Å². The van der Waals surface area contributed by atoms with Crippen LogP contribution < -0.4 is 5.43 Å². The molecule has 8 heteroatoms. The van der Waals surface area contributed by atoms with Gasteiger partial charge in [-0.3, -0.25) is 9.59 Å². The zero-order chi connectivity index (χ0) is 21.8. The lowest BCUT2D eigenvalue weighted by Crippen LogP contribution is -2.18. The summed E-state index contributed by atoms with van der Waals surface area (Å²) in [6.45, 7) is 1.55. The lowest BCUT2D eigenvalue weighted by molar-refractivity contribution is -0.151. The topological polar surface area (TPSA) is 85.6 Å². The molecule has 0 fully saturated rings. The molecule has 0 saturated carbocycles. The fourth-order valence-corrected chi connectivity index (χ4v) is 2.97. The van der Waals surface area contributed by atoms with Crippen LogP contribution >= 0.6 is 0 Å². The number of carbonyl (C=O) groups excluding carboxylic acids is 2. The van der Waals surface area contributed by atoms with Crippen molar-refractivity contribution in [2.45, 2.75) is 13.5 Å². The molecule has 0 saturated heterocycles. The van der Waals surface area contributed by atoms with Crippen molar-refractivity contribution < 1.29 is 28.2 Å². The van der Waals surface area contributed by atoms with Crippen molar-refractivity contribution >= 4 is 28.4 Å². The van der Waals surface area contributed by atoms with Crippen LogP contribution in [0.25, 0.3) is 16.7 Å². The van der Waals surface area contributed by atoms with Gasteiger partial charge in [-0.25, -0.2) is 13.6 Å². The lowest BCUT2D eigenvalue weighted by Gasteiger charge is -2.14. The van der Waals surface area contributed by atoms with Gasteiger partial charge in [0.15, 0.2) is 5.43 Å². The number of aliphatic hydroxyl groups excluding tert-OH is 1. The van der Waals surface area contributed by atoms with Crippen LogP contribution in [0, 0.1) is 11.6 Å². The summed E-state index contributed by atoms with van der Waals surface area (Å²) in [6.07, 6.45) is 1.77. The monoisotopic (exact) mass is 413 g/mol. The quantitative estimate of drug-likeness (QED) is 0.290. The number of ether oxygens (including phenoxy) is 1. The standard InChI is InChI=1S/C22H17F2NO5/c1-2-30-22(29)19(27)10-18(26)16-12-25(11-13-6-8-14(23)9-7-13)20-15(21(16)28)4-3-5-17(20)24/h3-10,12,26H,2,11H2,1H3/b18-10-. The van der Waals surface area contributed by atoms with Gasteiger partial charge in [-0.05, 0) is 36.8 Å². The molecule has 0 atom stereocenters. The second kappa shape index (κ2) is 8.69. The Kier molecular flexibility index (Phi) is 6.06. The maximum absolute atomic E-state index is 14.5. The Morgan fingerprint density at radius 3 is 2.50 bits per heavy atom. The minimum absolute atomic E-state index is 0.0138. The Balaban J connectivity index is 2.15. The minimum atomic E-state index is -1.18. The summed E-state index contributed by atoms with van der Waals surface area (Å²) >= 11 is 0. The minimum Gasteiger partial charge on any atom is -0.507 e. The first-order valence-electron chi connectivity index (χ1n) is 9.00. The van der Waals surface area contributed by atoms with Crippen molar-refractivity contribution in [2.75, 3.05) is 6.61 Å². The highest BCUT2D eigenvalue weighted by atomic mass is 19.1. The largest absolute Gasteiger partial charge is 0.507 e. The number of esters is 1. The van der Waals surface area contributed by atoms with Gasteiger partial charge in [0.2, 0.25) is 0 Å². The molecule has 0 bridgehead atoms. The van der Waals surface area contributed by atoms with Crippen LogP contribution in [0.3, 0.4) is 0 Å². The molecule has 2 aromatic carbocycles. The molecule has 0 spiro atoms. The summed E-state index contributed by atoms with van der Waals surface area (Å²) < 4.78 is 33.6. The number of fused-ring (bicyclic) bond motifs is 1. The predicted molar refractivity (Wildman–Crippen MR) is 106 cm³/mol. The highest BCUT2D eigenvalue weighted by molar-refractivity contribution is 6.39. The zero-order valence-electron chi connectivity index (χ0n) is 15.9. The van der Waals surface area contributed by atoms with Gasteiger partial charge in [0.05, 0.1) is 17.7 Å². The van der Waals surface area contributed by atoms with E-state index in [9.17, 15) is 28.3 Å². The van der Waals surface area contributed by atoms with E-state index >= 15 is 0 Å². The van der Waals surface area contributed by atoms with Crippen LogP contribution in [-0.4, -0.2) is 28.0 Å². The SMILES string of the molecule is CCOC(=O)C(=O)/C=C(\O)c1cn(Cc2ccc(F)cc2)c2c(F)cccc2c1=O. The first kappa shape index (κ1) is 20.9. The maximum Gasteiger partial charge on any atom is 0.379 e. The van der Waals surface area contributed by atoms with Crippen LogP contribution in [0.1, 0.15) is 18.1 Å². The summed E-state index contributed by atoms with van der Waals surface area (Å²) in [5.74, 6) is -4.17. The van der Waals surface area contributed by atoms with Gasteiger partial charge in [0.1, 0.15) is 17.4 Å². The number of hydrogen-bond acceptors (Lipinski definition) is 5. The van der Waals surface area contributed by atoms with Crippen molar-refractivity contribution in [2.24, 2.45) is 0 Å². The third-order valence-corrected chi connectivity index (χ3v) is 4.33. The van der Waals surface area contributed by atoms with Gasteiger partial charge >= 0.3 is 5.97 Å². The molecule has 1 aromatic heterocycles. The van der Waals surface area contributed by atoms with Gasteiger partial charge in [0.25, 0.3) is 5.78 Å². The number of carbonyl (C=O) groups is 2. The number of ketones is 1. The summed E-state index contributed by atoms with van der Waals surface area (Å²) in [7, 11) is 0. The van der Waals surface area contributed by atoms with E-state index in [1.54, 1.807) is 0 Å². The van der Waals surface area contributed by atoms with Crippen LogP contribution in [0.4, 0.5) is 8.78 Å². The summed E-state index contributed by atoms with van der Waals surface area (Å²) in [5, 5.41) is 10.3. The summed E-state index contributed by atoms with van der Waals surface area (Å²) in [6, 6.07) is 9.39. The van der Waals surface area contributed by atoms with Crippen molar-refractivity contribution in [1.29, 1.82) is 0 Å². The van der Waals surface area contributed by atoms with Gasteiger partial charge in [-0.1, -0.05) is 18.2 Å².